The molecule has 1 aliphatic heterocycles. The van der Waals surface area contributed by atoms with E-state index in [2.05, 4.69) is 38.7 Å². The van der Waals surface area contributed by atoms with Crippen molar-refractivity contribution in [1.82, 2.24) is 5.32 Å². The van der Waals surface area contributed by atoms with E-state index >= 15 is 0 Å². The quantitative estimate of drug-likeness (QED) is 0.674. The van der Waals surface area contributed by atoms with Crippen molar-refractivity contribution < 1.29 is 0 Å². The van der Waals surface area contributed by atoms with Crippen molar-refractivity contribution in [3.05, 3.63) is 23.8 Å². The summed E-state index contributed by atoms with van der Waals surface area (Å²) in [6.07, 6.45) is 7.12. The molecule has 14 heavy (non-hydrogen) atoms. The highest BCUT2D eigenvalue weighted by atomic mass is 15.0. The van der Waals surface area contributed by atoms with E-state index in [1.54, 1.807) is 0 Å². The Morgan fingerprint density at radius 2 is 2.36 bits per heavy atom. The minimum absolute atomic E-state index is 0.147. The average Bonchev–Trinajstić information content (AvgIpc) is 2.19. The van der Waals surface area contributed by atoms with Crippen LogP contribution in [0.15, 0.2) is 23.8 Å². The second-order valence-electron chi connectivity index (χ2n) is 4.65. The fourth-order valence-electron chi connectivity index (χ4n) is 1.79. The van der Waals surface area contributed by atoms with Gasteiger partial charge in [0.1, 0.15) is 0 Å². The SMILES string of the molecule is C=C(CCCC)C1(C)CC=C(C)CN1. The monoisotopic (exact) mass is 193 g/mol. The van der Waals surface area contributed by atoms with Crippen molar-refractivity contribution >= 4 is 0 Å². The summed E-state index contributed by atoms with van der Waals surface area (Å²) >= 11 is 0. The summed E-state index contributed by atoms with van der Waals surface area (Å²) < 4.78 is 0. The molecule has 1 nitrogen and oxygen atoms in total. The summed E-state index contributed by atoms with van der Waals surface area (Å²) in [5, 5.41) is 3.59. The van der Waals surface area contributed by atoms with Crippen molar-refractivity contribution in [3.8, 4) is 0 Å². The van der Waals surface area contributed by atoms with Crippen LogP contribution in [0.5, 0.6) is 0 Å². The maximum Gasteiger partial charge on any atom is 0.0400 e. The molecule has 1 rings (SSSR count). The van der Waals surface area contributed by atoms with Crippen LogP contribution in [0.3, 0.4) is 0 Å². The van der Waals surface area contributed by atoms with Gasteiger partial charge in [0.05, 0.1) is 0 Å². The smallest absolute Gasteiger partial charge is 0.0400 e. The molecule has 1 N–H and O–H groups in total. The number of nitrogens with one attached hydrogen (secondary N) is 1. The summed E-state index contributed by atoms with van der Waals surface area (Å²) in [5.74, 6) is 0. The van der Waals surface area contributed by atoms with Gasteiger partial charge < -0.3 is 5.32 Å². The maximum atomic E-state index is 4.22. The van der Waals surface area contributed by atoms with Crippen LogP contribution in [0.1, 0.15) is 46.5 Å². The van der Waals surface area contributed by atoms with E-state index in [4.69, 9.17) is 0 Å². The fraction of sp³-hybridized carbons (Fsp3) is 0.692. The van der Waals surface area contributed by atoms with Crippen LogP contribution in [0.25, 0.3) is 0 Å². The van der Waals surface area contributed by atoms with Crippen molar-refractivity contribution in [1.29, 1.82) is 0 Å². The van der Waals surface area contributed by atoms with Gasteiger partial charge in [0.15, 0.2) is 0 Å². The summed E-state index contributed by atoms with van der Waals surface area (Å²) in [6, 6.07) is 0. The van der Waals surface area contributed by atoms with Gasteiger partial charge in [0.2, 0.25) is 0 Å². The first kappa shape index (κ1) is 11.5. The molecule has 1 heteroatoms. The molecule has 1 heterocycles. The van der Waals surface area contributed by atoms with Crippen LogP contribution < -0.4 is 5.32 Å². The zero-order valence-corrected chi connectivity index (χ0v) is 9.82. The van der Waals surface area contributed by atoms with Crippen molar-refractivity contribution in [2.24, 2.45) is 0 Å². The zero-order valence-electron chi connectivity index (χ0n) is 9.82. The zero-order chi connectivity index (χ0) is 10.6. The Morgan fingerprint density at radius 3 is 2.86 bits per heavy atom. The lowest BCUT2D eigenvalue weighted by atomic mass is 9.83. The molecule has 0 aliphatic carbocycles. The third kappa shape index (κ3) is 2.71. The Kier molecular flexibility index (Phi) is 3.94. The van der Waals surface area contributed by atoms with Crippen LogP contribution >= 0.6 is 0 Å². The van der Waals surface area contributed by atoms with Crippen LogP contribution in [-0.4, -0.2) is 12.1 Å². The molecule has 0 fully saturated rings. The molecule has 0 radical (unpaired) electrons. The number of hydrogen-bond donors (Lipinski definition) is 1. The number of hydrogen-bond acceptors (Lipinski definition) is 1. The Bertz CT molecular complexity index is 240. The minimum Gasteiger partial charge on any atom is -0.304 e. The van der Waals surface area contributed by atoms with Gasteiger partial charge >= 0.3 is 0 Å². The topological polar surface area (TPSA) is 12.0 Å². The lowest BCUT2D eigenvalue weighted by molar-refractivity contribution is 0.403. The molecule has 1 unspecified atom stereocenters. The van der Waals surface area contributed by atoms with E-state index in [1.807, 2.05) is 0 Å². The lowest BCUT2D eigenvalue weighted by Crippen LogP contribution is -2.46. The summed E-state index contributed by atoms with van der Waals surface area (Å²) in [7, 11) is 0. The second-order valence-corrected chi connectivity index (χ2v) is 4.65. The lowest BCUT2D eigenvalue weighted by Gasteiger charge is -2.36. The molecule has 0 aromatic carbocycles. The minimum atomic E-state index is 0.147. The van der Waals surface area contributed by atoms with Gasteiger partial charge in [-0.1, -0.05) is 37.1 Å². The summed E-state index contributed by atoms with van der Waals surface area (Å²) in [5.41, 5.74) is 2.96. The highest BCUT2D eigenvalue weighted by Gasteiger charge is 2.27. The predicted molar refractivity (Wildman–Crippen MR) is 63.4 cm³/mol. The van der Waals surface area contributed by atoms with Gasteiger partial charge in [0, 0.05) is 12.1 Å². The summed E-state index contributed by atoms with van der Waals surface area (Å²) in [6.45, 7) is 11.9. The molecular formula is C13H23N. The first-order valence-electron chi connectivity index (χ1n) is 5.67. The number of unbranched alkanes of at least 4 members (excludes halogenated alkanes) is 1. The molecule has 0 spiro atoms. The van der Waals surface area contributed by atoms with E-state index in [-0.39, 0.29) is 5.54 Å². The van der Waals surface area contributed by atoms with Gasteiger partial charge in [-0.15, -0.1) is 0 Å². The molecular weight excluding hydrogens is 170 g/mol. The molecule has 1 atom stereocenters. The molecule has 0 bridgehead atoms. The van der Waals surface area contributed by atoms with Gasteiger partial charge in [-0.25, -0.2) is 0 Å². The van der Waals surface area contributed by atoms with E-state index in [9.17, 15) is 0 Å². The van der Waals surface area contributed by atoms with Crippen molar-refractivity contribution in [3.63, 3.8) is 0 Å². The van der Waals surface area contributed by atoms with Gasteiger partial charge in [-0.2, -0.15) is 0 Å². The van der Waals surface area contributed by atoms with Gasteiger partial charge in [-0.3, -0.25) is 0 Å². The van der Waals surface area contributed by atoms with Crippen LogP contribution in [-0.2, 0) is 0 Å². The average molecular weight is 193 g/mol. The van der Waals surface area contributed by atoms with Crippen molar-refractivity contribution in [2.45, 2.75) is 52.0 Å². The molecule has 80 valence electrons. The molecule has 0 saturated heterocycles. The highest BCUT2D eigenvalue weighted by Crippen LogP contribution is 2.27. The fourth-order valence-corrected chi connectivity index (χ4v) is 1.79. The highest BCUT2D eigenvalue weighted by molar-refractivity contribution is 5.23. The van der Waals surface area contributed by atoms with Gasteiger partial charge in [0.25, 0.3) is 0 Å². The summed E-state index contributed by atoms with van der Waals surface area (Å²) in [4.78, 5) is 0. The Labute approximate surface area is 88.3 Å². The van der Waals surface area contributed by atoms with Crippen LogP contribution in [0.4, 0.5) is 0 Å². The third-order valence-corrected chi connectivity index (χ3v) is 3.23. The second kappa shape index (κ2) is 4.79. The van der Waals surface area contributed by atoms with E-state index < -0.39 is 0 Å². The molecule has 0 amide bonds. The first-order valence-corrected chi connectivity index (χ1v) is 5.67. The van der Waals surface area contributed by atoms with E-state index in [1.165, 1.54) is 24.0 Å². The normalized spacial score (nSPS) is 27.2. The number of rotatable bonds is 4. The largest absolute Gasteiger partial charge is 0.304 e. The molecule has 0 aromatic heterocycles. The predicted octanol–water partition coefficient (Wildman–Crippen LogP) is 3.43. The van der Waals surface area contributed by atoms with E-state index in [0.717, 1.165) is 19.4 Å². The third-order valence-electron chi connectivity index (χ3n) is 3.23. The van der Waals surface area contributed by atoms with Crippen molar-refractivity contribution in [2.75, 3.05) is 6.54 Å². The molecule has 0 aromatic rings. The van der Waals surface area contributed by atoms with Crippen LogP contribution in [0.2, 0.25) is 0 Å². The molecule has 1 aliphatic rings. The Balaban J connectivity index is 2.53. The molecule has 0 saturated carbocycles. The van der Waals surface area contributed by atoms with Crippen LogP contribution in [0, 0.1) is 0 Å². The Hall–Kier alpha value is -0.560. The standard InChI is InChI=1S/C13H23N/c1-5-6-7-12(3)13(4)9-8-11(2)10-14-13/h8,14H,3,5-7,9-10H2,1-2,4H3. The Morgan fingerprint density at radius 1 is 1.64 bits per heavy atom. The first-order chi connectivity index (χ1) is 6.58. The maximum absolute atomic E-state index is 4.22. The van der Waals surface area contributed by atoms with Gasteiger partial charge in [-0.05, 0) is 33.1 Å². The van der Waals surface area contributed by atoms with E-state index in [0.29, 0.717) is 0 Å².